The average molecular weight is 235 g/mol. The van der Waals surface area contributed by atoms with Crippen LogP contribution in [-0.4, -0.2) is 15.0 Å². The summed E-state index contributed by atoms with van der Waals surface area (Å²) in [5.41, 5.74) is 6.11. The Bertz CT molecular complexity index is 694. The van der Waals surface area contributed by atoms with Gasteiger partial charge in [0.2, 0.25) is 0 Å². The third-order valence-electron chi connectivity index (χ3n) is 3.66. The van der Waals surface area contributed by atoms with Gasteiger partial charge in [-0.05, 0) is 42.5 Å². The minimum atomic E-state index is 0.938. The number of hydrogen-bond donors (Lipinski definition) is 1. The fraction of sp³-hybridized carbons (Fsp3) is 0.200. The van der Waals surface area contributed by atoms with Crippen molar-refractivity contribution < 1.29 is 0 Å². The number of benzene rings is 1. The van der Waals surface area contributed by atoms with Crippen LogP contribution in [0.4, 0.5) is 0 Å². The molecule has 1 aliphatic carbocycles. The molecule has 0 amide bonds. The van der Waals surface area contributed by atoms with E-state index in [0.717, 1.165) is 16.9 Å². The maximum absolute atomic E-state index is 4.61. The van der Waals surface area contributed by atoms with Gasteiger partial charge in [0.1, 0.15) is 5.82 Å². The maximum atomic E-state index is 4.61. The molecule has 3 heteroatoms. The zero-order valence-electron chi connectivity index (χ0n) is 9.98. The van der Waals surface area contributed by atoms with Crippen LogP contribution in [0.1, 0.15) is 17.5 Å². The first-order valence-corrected chi connectivity index (χ1v) is 6.32. The van der Waals surface area contributed by atoms with Crippen molar-refractivity contribution in [1.29, 1.82) is 0 Å². The summed E-state index contributed by atoms with van der Waals surface area (Å²) in [6, 6.07) is 8.61. The lowest BCUT2D eigenvalue weighted by molar-refractivity contribution is 0.912. The summed E-state index contributed by atoms with van der Waals surface area (Å²) in [5, 5.41) is 0. The van der Waals surface area contributed by atoms with E-state index in [9.17, 15) is 0 Å². The molecule has 0 atom stereocenters. The van der Waals surface area contributed by atoms with E-state index in [0.29, 0.717) is 0 Å². The second kappa shape index (κ2) is 3.67. The van der Waals surface area contributed by atoms with Crippen LogP contribution in [0, 0.1) is 0 Å². The van der Waals surface area contributed by atoms with Crippen molar-refractivity contribution in [1.82, 2.24) is 15.0 Å². The normalized spacial score (nSPS) is 14.0. The summed E-state index contributed by atoms with van der Waals surface area (Å²) in [5.74, 6) is 0.938. The van der Waals surface area contributed by atoms with Gasteiger partial charge in [-0.3, -0.25) is 4.98 Å². The van der Waals surface area contributed by atoms with Crippen molar-refractivity contribution >= 4 is 11.0 Å². The molecule has 18 heavy (non-hydrogen) atoms. The van der Waals surface area contributed by atoms with Gasteiger partial charge >= 0.3 is 0 Å². The minimum Gasteiger partial charge on any atom is -0.337 e. The average Bonchev–Trinajstić information content (AvgIpc) is 3.04. The molecular weight excluding hydrogens is 222 g/mol. The lowest BCUT2D eigenvalue weighted by Crippen LogP contribution is -1.85. The number of rotatable bonds is 1. The van der Waals surface area contributed by atoms with Crippen molar-refractivity contribution in [2.75, 3.05) is 0 Å². The molecule has 2 aromatic heterocycles. The third kappa shape index (κ3) is 1.44. The number of hydrogen-bond acceptors (Lipinski definition) is 2. The van der Waals surface area contributed by atoms with Gasteiger partial charge < -0.3 is 4.98 Å². The highest BCUT2D eigenvalue weighted by molar-refractivity contribution is 5.78. The molecule has 3 aromatic rings. The number of nitrogens with zero attached hydrogens (tertiary/aromatic N) is 2. The molecule has 0 unspecified atom stereocenters. The molecule has 4 rings (SSSR count). The van der Waals surface area contributed by atoms with Crippen molar-refractivity contribution in [2.45, 2.75) is 19.3 Å². The predicted octanol–water partition coefficient (Wildman–Crippen LogP) is 3.11. The van der Waals surface area contributed by atoms with Crippen LogP contribution in [0.25, 0.3) is 22.4 Å². The fourth-order valence-electron chi connectivity index (χ4n) is 2.71. The summed E-state index contributed by atoms with van der Waals surface area (Å²) in [4.78, 5) is 12.0. The highest BCUT2D eigenvalue weighted by Crippen LogP contribution is 2.27. The molecular formula is C15H13N3. The summed E-state index contributed by atoms with van der Waals surface area (Å²) >= 11 is 0. The molecule has 0 spiro atoms. The first-order valence-electron chi connectivity index (χ1n) is 6.32. The topological polar surface area (TPSA) is 41.6 Å². The van der Waals surface area contributed by atoms with Crippen LogP contribution in [0.2, 0.25) is 0 Å². The fourth-order valence-corrected chi connectivity index (χ4v) is 2.71. The molecule has 0 saturated heterocycles. The molecule has 1 aliphatic rings. The Labute approximate surface area is 105 Å². The van der Waals surface area contributed by atoms with Crippen molar-refractivity contribution in [3.05, 3.63) is 47.8 Å². The quantitative estimate of drug-likeness (QED) is 0.704. The number of H-pyrrole nitrogens is 1. The Morgan fingerprint density at radius 3 is 2.94 bits per heavy atom. The van der Waals surface area contributed by atoms with Gasteiger partial charge in [-0.1, -0.05) is 12.1 Å². The summed E-state index contributed by atoms with van der Waals surface area (Å²) < 4.78 is 0. The van der Waals surface area contributed by atoms with Crippen LogP contribution in [0.5, 0.6) is 0 Å². The highest BCUT2D eigenvalue weighted by atomic mass is 14.9. The molecule has 0 radical (unpaired) electrons. The Hall–Kier alpha value is -2.16. The molecule has 1 aromatic carbocycles. The summed E-state index contributed by atoms with van der Waals surface area (Å²) in [7, 11) is 0. The van der Waals surface area contributed by atoms with Crippen molar-refractivity contribution in [3.8, 4) is 11.4 Å². The standard InChI is InChI=1S/C15H13N3/c1-2-10-4-5-12(8-11(10)3-1)15-17-13-6-7-16-9-14(13)18-15/h4-9H,1-3H2,(H,17,18). The van der Waals surface area contributed by atoms with E-state index in [1.54, 1.807) is 6.20 Å². The lowest BCUT2D eigenvalue weighted by atomic mass is 10.1. The van der Waals surface area contributed by atoms with Crippen LogP contribution >= 0.6 is 0 Å². The largest absolute Gasteiger partial charge is 0.337 e. The number of aromatic amines is 1. The van der Waals surface area contributed by atoms with Crippen LogP contribution in [-0.2, 0) is 12.8 Å². The molecule has 0 bridgehead atoms. The predicted molar refractivity (Wildman–Crippen MR) is 71.3 cm³/mol. The van der Waals surface area contributed by atoms with Crippen LogP contribution in [0.3, 0.4) is 0 Å². The molecule has 2 heterocycles. The first kappa shape index (κ1) is 9.83. The molecule has 0 aliphatic heterocycles. The van der Waals surface area contributed by atoms with E-state index in [-0.39, 0.29) is 0 Å². The zero-order chi connectivity index (χ0) is 11.9. The number of nitrogens with one attached hydrogen (secondary N) is 1. The number of imidazole rings is 1. The SMILES string of the molecule is c1cc2nc(-c3ccc4c(c3)CCC4)[nH]c2cn1. The van der Waals surface area contributed by atoms with E-state index < -0.39 is 0 Å². The van der Waals surface area contributed by atoms with E-state index in [1.807, 2.05) is 12.3 Å². The van der Waals surface area contributed by atoms with Gasteiger partial charge in [0.25, 0.3) is 0 Å². The first-order chi connectivity index (χ1) is 8.90. The molecule has 1 N–H and O–H groups in total. The maximum Gasteiger partial charge on any atom is 0.138 e. The number of aromatic nitrogens is 3. The van der Waals surface area contributed by atoms with Crippen molar-refractivity contribution in [2.24, 2.45) is 0 Å². The van der Waals surface area contributed by atoms with E-state index in [4.69, 9.17) is 0 Å². The Kier molecular flexibility index (Phi) is 2.00. The van der Waals surface area contributed by atoms with Gasteiger partial charge in [-0.25, -0.2) is 4.98 Å². The van der Waals surface area contributed by atoms with Crippen LogP contribution < -0.4 is 0 Å². The van der Waals surface area contributed by atoms with Gasteiger partial charge in [-0.2, -0.15) is 0 Å². The van der Waals surface area contributed by atoms with Gasteiger partial charge in [0.15, 0.2) is 0 Å². The third-order valence-corrected chi connectivity index (χ3v) is 3.66. The highest BCUT2D eigenvalue weighted by Gasteiger charge is 2.12. The van der Waals surface area contributed by atoms with E-state index in [2.05, 4.69) is 33.2 Å². The number of pyridine rings is 1. The number of fused-ring (bicyclic) bond motifs is 2. The molecule has 88 valence electrons. The van der Waals surface area contributed by atoms with E-state index >= 15 is 0 Å². The Morgan fingerprint density at radius 2 is 2.00 bits per heavy atom. The zero-order valence-corrected chi connectivity index (χ0v) is 9.98. The molecule has 0 fully saturated rings. The van der Waals surface area contributed by atoms with Gasteiger partial charge in [0, 0.05) is 11.8 Å². The van der Waals surface area contributed by atoms with Gasteiger partial charge in [-0.15, -0.1) is 0 Å². The molecule has 3 nitrogen and oxygen atoms in total. The second-order valence-corrected chi connectivity index (χ2v) is 4.82. The summed E-state index contributed by atoms with van der Waals surface area (Å²) in [6.07, 6.45) is 7.29. The number of aryl methyl sites for hydroxylation is 2. The van der Waals surface area contributed by atoms with E-state index in [1.165, 1.54) is 36.0 Å². The molecule has 0 saturated carbocycles. The Balaban J connectivity index is 1.86. The smallest absolute Gasteiger partial charge is 0.138 e. The van der Waals surface area contributed by atoms with Crippen molar-refractivity contribution in [3.63, 3.8) is 0 Å². The second-order valence-electron chi connectivity index (χ2n) is 4.82. The Morgan fingerprint density at radius 1 is 1.06 bits per heavy atom. The van der Waals surface area contributed by atoms with Crippen LogP contribution in [0.15, 0.2) is 36.7 Å². The monoisotopic (exact) mass is 235 g/mol. The van der Waals surface area contributed by atoms with Gasteiger partial charge in [0.05, 0.1) is 17.2 Å². The summed E-state index contributed by atoms with van der Waals surface area (Å²) in [6.45, 7) is 0. The lowest BCUT2D eigenvalue weighted by Gasteiger charge is -2.01. The minimum absolute atomic E-state index is 0.938.